The van der Waals surface area contributed by atoms with E-state index in [9.17, 15) is 0 Å². The van der Waals surface area contributed by atoms with Gasteiger partial charge in [-0.1, -0.05) is 15.9 Å². The number of nitriles is 3. The first kappa shape index (κ1) is 11.8. The maximum atomic E-state index is 8.79. The Morgan fingerprint density at radius 2 is 1.56 bits per heavy atom. The molecular formula is C11H5BrN4. The van der Waals surface area contributed by atoms with E-state index >= 15 is 0 Å². The van der Waals surface area contributed by atoms with Crippen molar-refractivity contribution in [1.29, 1.82) is 15.8 Å². The average molecular weight is 273 g/mol. The molecular weight excluding hydrogens is 268 g/mol. The van der Waals surface area contributed by atoms with Crippen molar-refractivity contribution in [2.24, 2.45) is 0 Å². The van der Waals surface area contributed by atoms with E-state index in [1.54, 1.807) is 42.5 Å². The van der Waals surface area contributed by atoms with Crippen LogP contribution in [-0.2, 0) is 0 Å². The van der Waals surface area contributed by atoms with E-state index in [4.69, 9.17) is 15.8 Å². The number of benzene rings is 1. The summed E-state index contributed by atoms with van der Waals surface area (Å²) in [5, 5.41) is 28.7. The number of hydrogen-bond donors (Lipinski definition) is 1. The number of nitrogens with one attached hydrogen (secondary N) is 1. The van der Waals surface area contributed by atoms with Crippen molar-refractivity contribution in [2.45, 2.75) is 0 Å². The van der Waals surface area contributed by atoms with E-state index in [2.05, 4.69) is 21.2 Å². The first-order valence-corrected chi connectivity index (χ1v) is 4.97. The molecule has 0 atom stereocenters. The predicted octanol–water partition coefficient (Wildman–Crippen LogP) is 2.69. The van der Waals surface area contributed by atoms with E-state index in [-0.39, 0.29) is 11.3 Å². The van der Waals surface area contributed by atoms with E-state index in [1.165, 1.54) is 0 Å². The molecule has 76 valence electrons. The molecule has 5 heteroatoms. The first-order valence-electron chi connectivity index (χ1n) is 4.18. The molecule has 0 saturated carbocycles. The zero-order chi connectivity index (χ0) is 12.0. The van der Waals surface area contributed by atoms with E-state index in [0.717, 1.165) is 4.47 Å². The highest BCUT2D eigenvalue weighted by Gasteiger charge is 2.05. The molecule has 0 amide bonds. The minimum Gasteiger partial charge on any atom is -0.345 e. The van der Waals surface area contributed by atoms with Crippen molar-refractivity contribution in [3.05, 3.63) is 40.0 Å². The van der Waals surface area contributed by atoms with Gasteiger partial charge in [0.15, 0.2) is 5.57 Å². The van der Waals surface area contributed by atoms with Gasteiger partial charge in [0.1, 0.15) is 23.9 Å². The standard InChI is InChI=1S/C11H5BrN4/c12-9-1-3-10(4-2-9)16-11(7-15)8(5-13)6-14/h1-4,16H. The van der Waals surface area contributed by atoms with Gasteiger partial charge < -0.3 is 5.32 Å². The molecule has 0 saturated heterocycles. The summed E-state index contributed by atoms with van der Waals surface area (Å²) in [5.74, 6) is 0. The molecule has 4 nitrogen and oxygen atoms in total. The van der Waals surface area contributed by atoms with Crippen molar-refractivity contribution in [3.63, 3.8) is 0 Å². The van der Waals surface area contributed by atoms with Gasteiger partial charge in [0.05, 0.1) is 0 Å². The monoisotopic (exact) mass is 272 g/mol. The predicted molar refractivity (Wildman–Crippen MR) is 61.6 cm³/mol. The lowest BCUT2D eigenvalue weighted by Gasteiger charge is -2.03. The van der Waals surface area contributed by atoms with Gasteiger partial charge >= 0.3 is 0 Å². The minimum absolute atomic E-state index is 0.0488. The zero-order valence-electron chi connectivity index (χ0n) is 8.03. The number of hydrogen-bond acceptors (Lipinski definition) is 4. The summed E-state index contributed by atoms with van der Waals surface area (Å²) < 4.78 is 0.904. The third-order valence-electron chi connectivity index (χ3n) is 1.70. The fraction of sp³-hybridized carbons (Fsp3) is 0. The Kier molecular flexibility index (Phi) is 4.09. The second-order valence-electron chi connectivity index (χ2n) is 2.72. The maximum Gasteiger partial charge on any atom is 0.163 e. The summed E-state index contributed by atoms with van der Waals surface area (Å²) in [7, 11) is 0. The highest BCUT2D eigenvalue weighted by Crippen LogP contribution is 2.16. The molecule has 0 bridgehead atoms. The molecule has 0 aromatic heterocycles. The van der Waals surface area contributed by atoms with Crippen LogP contribution in [0.1, 0.15) is 0 Å². The molecule has 16 heavy (non-hydrogen) atoms. The van der Waals surface area contributed by atoms with Gasteiger partial charge in [-0.05, 0) is 24.3 Å². The summed E-state index contributed by atoms with van der Waals surface area (Å²) in [5.41, 5.74) is 0.362. The van der Waals surface area contributed by atoms with Gasteiger partial charge in [-0.25, -0.2) is 0 Å². The Balaban J connectivity index is 3.02. The van der Waals surface area contributed by atoms with E-state index < -0.39 is 0 Å². The summed E-state index contributed by atoms with van der Waals surface area (Å²) in [4.78, 5) is 0. The third kappa shape index (κ3) is 2.85. The molecule has 0 fully saturated rings. The molecule has 1 aromatic carbocycles. The van der Waals surface area contributed by atoms with Crippen molar-refractivity contribution in [2.75, 3.05) is 5.32 Å². The number of nitrogens with zero attached hydrogens (tertiary/aromatic N) is 3. The Hall–Kier alpha value is -2.29. The number of anilines is 1. The number of halogens is 1. The van der Waals surface area contributed by atoms with Crippen LogP contribution in [0.4, 0.5) is 5.69 Å². The number of rotatable bonds is 2. The quantitative estimate of drug-likeness (QED) is 0.839. The molecule has 1 aromatic rings. The Labute approximate surface area is 101 Å². The fourth-order valence-electron chi connectivity index (χ4n) is 0.961. The lowest BCUT2D eigenvalue weighted by molar-refractivity contribution is 1.37. The van der Waals surface area contributed by atoms with Gasteiger partial charge in [-0.3, -0.25) is 0 Å². The highest BCUT2D eigenvalue weighted by molar-refractivity contribution is 9.10. The second kappa shape index (κ2) is 5.56. The van der Waals surface area contributed by atoms with Crippen molar-refractivity contribution < 1.29 is 0 Å². The van der Waals surface area contributed by atoms with Crippen LogP contribution in [-0.4, -0.2) is 0 Å². The molecule has 0 aliphatic carbocycles. The third-order valence-corrected chi connectivity index (χ3v) is 2.23. The average Bonchev–Trinajstić information content (AvgIpc) is 2.32. The Bertz CT molecular complexity index is 521. The van der Waals surface area contributed by atoms with Crippen molar-refractivity contribution >= 4 is 21.6 Å². The van der Waals surface area contributed by atoms with Crippen LogP contribution < -0.4 is 5.32 Å². The van der Waals surface area contributed by atoms with Crippen LogP contribution in [0.15, 0.2) is 40.0 Å². The smallest absolute Gasteiger partial charge is 0.163 e. The zero-order valence-corrected chi connectivity index (χ0v) is 9.62. The summed E-state index contributed by atoms with van der Waals surface area (Å²) in [6.07, 6.45) is 0. The molecule has 0 aliphatic rings. The minimum atomic E-state index is -0.231. The first-order chi connectivity index (χ1) is 7.71. The van der Waals surface area contributed by atoms with Gasteiger partial charge in [0, 0.05) is 10.2 Å². The lowest BCUT2D eigenvalue weighted by Crippen LogP contribution is -2.00. The van der Waals surface area contributed by atoms with Crippen molar-refractivity contribution in [3.8, 4) is 18.2 Å². The second-order valence-corrected chi connectivity index (χ2v) is 3.63. The lowest BCUT2D eigenvalue weighted by atomic mass is 10.2. The van der Waals surface area contributed by atoms with Crippen LogP contribution in [0.5, 0.6) is 0 Å². The van der Waals surface area contributed by atoms with Crippen LogP contribution in [0, 0.1) is 34.0 Å². The van der Waals surface area contributed by atoms with E-state index in [0.29, 0.717) is 5.69 Å². The number of allylic oxidation sites excluding steroid dienone is 2. The summed E-state index contributed by atoms with van der Waals surface area (Å²) in [6.45, 7) is 0. The molecule has 0 radical (unpaired) electrons. The van der Waals surface area contributed by atoms with Gasteiger partial charge in [0.25, 0.3) is 0 Å². The van der Waals surface area contributed by atoms with Gasteiger partial charge in [-0.2, -0.15) is 15.8 Å². The van der Waals surface area contributed by atoms with Crippen molar-refractivity contribution in [1.82, 2.24) is 0 Å². The van der Waals surface area contributed by atoms with Crippen LogP contribution >= 0.6 is 15.9 Å². The molecule has 0 unspecified atom stereocenters. The Morgan fingerprint density at radius 3 is 2.00 bits per heavy atom. The largest absolute Gasteiger partial charge is 0.345 e. The molecule has 1 N–H and O–H groups in total. The molecule has 0 spiro atoms. The fourth-order valence-corrected chi connectivity index (χ4v) is 1.23. The SMILES string of the molecule is N#CC(C#N)=C(C#N)Nc1ccc(Br)cc1. The topological polar surface area (TPSA) is 83.4 Å². The molecule has 0 aliphatic heterocycles. The summed E-state index contributed by atoms with van der Waals surface area (Å²) >= 11 is 3.28. The van der Waals surface area contributed by atoms with E-state index in [1.807, 2.05) is 0 Å². The van der Waals surface area contributed by atoms with Gasteiger partial charge in [0.2, 0.25) is 0 Å². The van der Waals surface area contributed by atoms with Gasteiger partial charge in [-0.15, -0.1) is 0 Å². The summed E-state index contributed by atoms with van der Waals surface area (Å²) in [6, 6.07) is 12.1. The Morgan fingerprint density at radius 1 is 1.00 bits per heavy atom. The van der Waals surface area contributed by atoms with Crippen LogP contribution in [0.25, 0.3) is 0 Å². The highest BCUT2D eigenvalue weighted by atomic mass is 79.9. The van der Waals surface area contributed by atoms with Crippen LogP contribution in [0.2, 0.25) is 0 Å². The molecule has 1 rings (SSSR count). The van der Waals surface area contributed by atoms with Crippen LogP contribution in [0.3, 0.4) is 0 Å². The molecule has 0 heterocycles. The normalized spacial score (nSPS) is 8.12. The maximum absolute atomic E-state index is 8.79.